The summed E-state index contributed by atoms with van der Waals surface area (Å²) in [6.45, 7) is -0.156. The lowest BCUT2D eigenvalue weighted by molar-refractivity contribution is -0.00554. The third-order valence-corrected chi connectivity index (χ3v) is 3.78. The summed E-state index contributed by atoms with van der Waals surface area (Å²) in [5, 5.41) is 37.1. The minimum Gasteiger partial charge on any atom is -0.396 e. The zero-order valence-electron chi connectivity index (χ0n) is 10.7. The lowest BCUT2D eigenvalue weighted by Gasteiger charge is -2.16. The molecule has 2 aromatic heterocycles. The molecule has 20 heavy (non-hydrogen) atoms. The fourth-order valence-corrected chi connectivity index (χ4v) is 2.61. The molecule has 3 rings (SSSR count). The van der Waals surface area contributed by atoms with Crippen molar-refractivity contribution in [2.75, 3.05) is 6.61 Å². The minimum absolute atomic E-state index is 0.156. The second-order valence-electron chi connectivity index (χ2n) is 5.03. The van der Waals surface area contributed by atoms with Gasteiger partial charge in [-0.3, -0.25) is 4.98 Å². The van der Waals surface area contributed by atoms with Gasteiger partial charge in [-0.2, -0.15) is 0 Å². The Bertz CT molecular complexity index is 574. The Labute approximate surface area is 115 Å². The summed E-state index contributed by atoms with van der Waals surface area (Å²) in [7, 11) is 0. The van der Waals surface area contributed by atoms with E-state index >= 15 is 0 Å². The Morgan fingerprint density at radius 1 is 1.20 bits per heavy atom. The molecule has 0 aliphatic heterocycles. The first kappa shape index (κ1) is 13.2. The fraction of sp³-hybridized carbons (Fsp3) is 0.462. The van der Waals surface area contributed by atoms with Gasteiger partial charge in [0.25, 0.3) is 0 Å². The molecule has 0 radical (unpaired) electrons. The first-order valence-corrected chi connectivity index (χ1v) is 6.51. The molecule has 7 heteroatoms. The van der Waals surface area contributed by atoms with E-state index in [0.717, 1.165) is 0 Å². The SMILES string of the molecule is OC[C@H]1C[C@@H](n2cc(-c3ccccn3)nn2)[C@H](O)[C@@H]1O. The van der Waals surface area contributed by atoms with Crippen molar-refractivity contribution in [1.82, 2.24) is 20.0 Å². The lowest BCUT2D eigenvalue weighted by atomic mass is 10.1. The zero-order chi connectivity index (χ0) is 14.1. The number of nitrogens with zero attached hydrogens (tertiary/aromatic N) is 4. The molecule has 7 nitrogen and oxygen atoms in total. The van der Waals surface area contributed by atoms with Crippen LogP contribution in [-0.2, 0) is 0 Å². The van der Waals surface area contributed by atoms with Crippen LogP contribution in [-0.4, -0.2) is 54.1 Å². The number of rotatable bonds is 3. The lowest BCUT2D eigenvalue weighted by Crippen LogP contribution is -2.30. The van der Waals surface area contributed by atoms with Gasteiger partial charge in [0, 0.05) is 18.7 Å². The maximum Gasteiger partial charge on any atom is 0.131 e. The monoisotopic (exact) mass is 276 g/mol. The van der Waals surface area contributed by atoms with Crippen molar-refractivity contribution in [3.63, 3.8) is 0 Å². The van der Waals surface area contributed by atoms with E-state index in [1.54, 1.807) is 12.4 Å². The maximum atomic E-state index is 10.0. The van der Waals surface area contributed by atoms with E-state index < -0.39 is 12.2 Å². The van der Waals surface area contributed by atoms with Gasteiger partial charge in [-0.25, -0.2) is 4.68 Å². The summed E-state index contributed by atoms with van der Waals surface area (Å²) in [5.74, 6) is -0.336. The van der Waals surface area contributed by atoms with Gasteiger partial charge in [-0.1, -0.05) is 11.3 Å². The van der Waals surface area contributed by atoms with E-state index in [2.05, 4.69) is 15.3 Å². The highest BCUT2D eigenvalue weighted by Crippen LogP contribution is 2.35. The van der Waals surface area contributed by atoms with Gasteiger partial charge in [0.1, 0.15) is 11.8 Å². The summed E-state index contributed by atoms with van der Waals surface area (Å²) in [4.78, 5) is 4.19. The molecule has 0 saturated heterocycles. The highest BCUT2D eigenvalue weighted by molar-refractivity contribution is 5.51. The van der Waals surface area contributed by atoms with Crippen molar-refractivity contribution in [2.45, 2.75) is 24.7 Å². The first-order valence-electron chi connectivity index (χ1n) is 6.51. The molecule has 0 spiro atoms. The van der Waals surface area contributed by atoms with Gasteiger partial charge >= 0.3 is 0 Å². The van der Waals surface area contributed by atoms with Gasteiger partial charge < -0.3 is 15.3 Å². The van der Waals surface area contributed by atoms with E-state index in [1.807, 2.05) is 18.2 Å². The molecule has 0 bridgehead atoms. The molecule has 1 saturated carbocycles. The van der Waals surface area contributed by atoms with Crippen LogP contribution in [0.3, 0.4) is 0 Å². The molecule has 3 N–H and O–H groups in total. The summed E-state index contributed by atoms with van der Waals surface area (Å²) in [6.07, 6.45) is 1.94. The number of aromatic nitrogens is 4. The fourth-order valence-electron chi connectivity index (χ4n) is 2.61. The molecule has 0 aromatic carbocycles. The smallest absolute Gasteiger partial charge is 0.131 e. The van der Waals surface area contributed by atoms with E-state index in [4.69, 9.17) is 0 Å². The molecule has 4 atom stereocenters. The molecule has 0 unspecified atom stereocenters. The van der Waals surface area contributed by atoms with Gasteiger partial charge in [0.2, 0.25) is 0 Å². The number of aliphatic hydroxyl groups excluding tert-OH is 3. The van der Waals surface area contributed by atoms with Crippen molar-refractivity contribution >= 4 is 0 Å². The summed E-state index contributed by atoms with van der Waals surface area (Å²) < 4.78 is 1.54. The molecule has 2 heterocycles. The standard InChI is InChI=1S/C13H16N4O3/c18-7-8-5-11(13(20)12(8)19)17-6-10(15-16-17)9-3-1-2-4-14-9/h1-4,6,8,11-13,18-20H,5,7H2/t8-,11-,12-,13+/m1/s1. The zero-order valence-corrected chi connectivity index (χ0v) is 10.7. The molecular formula is C13H16N4O3. The van der Waals surface area contributed by atoms with E-state index in [0.29, 0.717) is 17.8 Å². The summed E-state index contributed by atoms with van der Waals surface area (Å²) in [6, 6.07) is 5.12. The summed E-state index contributed by atoms with van der Waals surface area (Å²) >= 11 is 0. The Kier molecular flexibility index (Phi) is 3.47. The van der Waals surface area contributed by atoms with Gasteiger partial charge in [-0.05, 0) is 18.6 Å². The second kappa shape index (κ2) is 5.28. The predicted octanol–water partition coefficient (Wildman–Crippen LogP) is -0.385. The Hall–Kier alpha value is -1.83. The molecule has 1 aliphatic rings. The second-order valence-corrected chi connectivity index (χ2v) is 5.03. The third-order valence-electron chi connectivity index (χ3n) is 3.78. The van der Waals surface area contributed by atoms with Crippen LogP contribution in [0.5, 0.6) is 0 Å². The number of aliphatic hydroxyl groups is 3. The van der Waals surface area contributed by atoms with E-state index in [9.17, 15) is 15.3 Å². The maximum absolute atomic E-state index is 10.0. The van der Waals surface area contributed by atoms with E-state index in [1.165, 1.54) is 4.68 Å². The van der Waals surface area contributed by atoms with Crippen molar-refractivity contribution in [3.8, 4) is 11.4 Å². The molecule has 0 amide bonds. The van der Waals surface area contributed by atoms with Crippen LogP contribution in [0.25, 0.3) is 11.4 Å². The quantitative estimate of drug-likeness (QED) is 0.705. The van der Waals surface area contributed by atoms with E-state index in [-0.39, 0.29) is 18.6 Å². The van der Waals surface area contributed by atoms with Gasteiger partial charge in [0.05, 0.1) is 24.0 Å². The Balaban J connectivity index is 1.84. The van der Waals surface area contributed by atoms with Crippen LogP contribution in [0.4, 0.5) is 0 Å². The van der Waals surface area contributed by atoms with Crippen molar-refractivity contribution < 1.29 is 15.3 Å². The molecule has 1 aliphatic carbocycles. The molecule has 1 fully saturated rings. The van der Waals surface area contributed by atoms with Crippen LogP contribution in [0, 0.1) is 5.92 Å². The largest absolute Gasteiger partial charge is 0.396 e. The van der Waals surface area contributed by atoms with Crippen LogP contribution in [0.1, 0.15) is 12.5 Å². The number of hydrogen-bond donors (Lipinski definition) is 3. The Morgan fingerprint density at radius 3 is 2.70 bits per heavy atom. The van der Waals surface area contributed by atoms with Crippen LogP contribution in [0.15, 0.2) is 30.6 Å². The average Bonchev–Trinajstić information content (AvgIpc) is 3.07. The van der Waals surface area contributed by atoms with Crippen LogP contribution >= 0.6 is 0 Å². The van der Waals surface area contributed by atoms with Crippen LogP contribution in [0.2, 0.25) is 0 Å². The topological polar surface area (TPSA) is 104 Å². The normalized spacial score (nSPS) is 29.8. The van der Waals surface area contributed by atoms with Crippen molar-refractivity contribution in [1.29, 1.82) is 0 Å². The highest BCUT2D eigenvalue weighted by atomic mass is 16.3. The molecule has 106 valence electrons. The van der Waals surface area contributed by atoms with Gasteiger partial charge in [-0.15, -0.1) is 5.10 Å². The Morgan fingerprint density at radius 2 is 2.05 bits per heavy atom. The molecule has 2 aromatic rings. The van der Waals surface area contributed by atoms with Crippen molar-refractivity contribution in [2.24, 2.45) is 5.92 Å². The summed E-state index contributed by atoms with van der Waals surface area (Å²) in [5.41, 5.74) is 1.31. The highest BCUT2D eigenvalue weighted by Gasteiger charge is 2.42. The number of hydrogen-bond acceptors (Lipinski definition) is 6. The average molecular weight is 276 g/mol. The number of pyridine rings is 1. The minimum atomic E-state index is -0.953. The molecular weight excluding hydrogens is 260 g/mol. The predicted molar refractivity (Wildman–Crippen MR) is 69.5 cm³/mol. The van der Waals surface area contributed by atoms with Crippen molar-refractivity contribution in [3.05, 3.63) is 30.6 Å². The van der Waals surface area contributed by atoms with Gasteiger partial charge in [0.15, 0.2) is 0 Å². The first-order chi connectivity index (χ1) is 9.70. The van der Waals surface area contributed by atoms with Crippen LogP contribution < -0.4 is 0 Å². The third kappa shape index (κ3) is 2.20.